The topological polar surface area (TPSA) is 81.2 Å². The Hall–Kier alpha value is -2.50. The van der Waals surface area contributed by atoms with Gasteiger partial charge < -0.3 is 15.3 Å². The zero-order valence-electron chi connectivity index (χ0n) is 13.5. The molecule has 1 aromatic carbocycles. The van der Waals surface area contributed by atoms with Crippen molar-refractivity contribution in [1.82, 2.24) is 20.4 Å². The van der Waals surface area contributed by atoms with Gasteiger partial charge in [-0.3, -0.25) is 5.10 Å². The Labute approximate surface area is 140 Å². The van der Waals surface area contributed by atoms with Crippen LogP contribution in [0.15, 0.2) is 30.6 Å². The van der Waals surface area contributed by atoms with Crippen molar-refractivity contribution in [3.8, 4) is 5.75 Å². The molecule has 126 valence electrons. The number of aromatic nitrogens is 2. The highest BCUT2D eigenvalue weighted by molar-refractivity contribution is 5.75. The third-order valence-electron chi connectivity index (χ3n) is 5.21. The van der Waals surface area contributed by atoms with Gasteiger partial charge in [-0.15, -0.1) is 0 Å². The largest absolute Gasteiger partial charge is 0.508 e. The lowest BCUT2D eigenvalue weighted by atomic mass is 9.98. The fourth-order valence-corrected chi connectivity index (χ4v) is 3.98. The average Bonchev–Trinajstić information content (AvgIpc) is 3.26. The van der Waals surface area contributed by atoms with E-state index in [2.05, 4.69) is 15.5 Å². The molecule has 24 heavy (non-hydrogen) atoms. The van der Waals surface area contributed by atoms with Crippen molar-refractivity contribution < 1.29 is 9.90 Å². The highest BCUT2D eigenvalue weighted by Crippen LogP contribution is 2.37. The van der Waals surface area contributed by atoms with Crippen molar-refractivity contribution in [2.75, 3.05) is 6.54 Å². The number of phenols is 1. The predicted molar refractivity (Wildman–Crippen MR) is 89.6 cm³/mol. The second-order valence-corrected chi connectivity index (χ2v) is 6.62. The summed E-state index contributed by atoms with van der Waals surface area (Å²) in [6.45, 7) is 0.765. The first-order valence-electron chi connectivity index (χ1n) is 8.60. The molecule has 6 heteroatoms. The summed E-state index contributed by atoms with van der Waals surface area (Å²) in [7, 11) is 0. The number of amides is 2. The summed E-state index contributed by atoms with van der Waals surface area (Å²) in [6, 6.07) is 5.59. The van der Waals surface area contributed by atoms with E-state index in [0.29, 0.717) is 5.75 Å². The van der Waals surface area contributed by atoms with Crippen LogP contribution in [0.1, 0.15) is 54.5 Å². The van der Waals surface area contributed by atoms with Gasteiger partial charge in [0.25, 0.3) is 0 Å². The van der Waals surface area contributed by atoms with Crippen LogP contribution in [0, 0.1) is 0 Å². The molecule has 0 radical (unpaired) electrons. The average molecular weight is 326 g/mol. The molecule has 2 atom stereocenters. The molecule has 0 saturated carbocycles. The van der Waals surface area contributed by atoms with E-state index < -0.39 is 0 Å². The van der Waals surface area contributed by atoms with Gasteiger partial charge in [-0.2, -0.15) is 5.10 Å². The van der Waals surface area contributed by atoms with Crippen molar-refractivity contribution in [3.05, 3.63) is 47.3 Å². The zero-order valence-corrected chi connectivity index (χ0v) is 13.5. The van der Waals surface area contributed by atoms with Gasteiger partial charge in [0.2, 0.25) is 0 Å². The second kappa shape index (κ2) is 6.19. The summed E-state index contributed by atoms with van der Waals surface area (Å²) in [5, 5.41) is 20.0. The summed E-state index contributed by atoms with van der Waals surface area (Å²) >= 11 is 0. The SMILES string of the molecule is O=C(N[C@@H]1CCc2c(O)cccc21)N1CCCC[C@@H]1c1cn[nH]c1. The van der Waals surface area contributed by atoms with Gasteiger partial charge >= 0.3 is 6.03 Å². The third kappa shape index (κ3) is 2.62. The number of rotatable bonds is 2. The lowest BCUT2D eigenvalue weighted by Gasteiger charge is -2.36. The van der Waals surface area contributed by atoms with Crippen LogP contribution in [0.3, 0.4) is 0 Å². The van der Waals surface area contributed by atoms with E-state index in [1.807, 2.05) is 23.2 Å². The van der Waals surface area contributed by atoms with E-state index in [4.69, 9.17) is 0 Å². The van der Waals surface area contributed by atoms with Crippen molar-refractivity contribution in [2.45, 2.75) is 44.2 Å². The first kappa shape index (κ1) is 15.1. The molecular weight excluding hydrogens is 304 g/mol. The summed E-state index contributed by atoms with van der Waals surface area (Å²) < 4.78 is 0. The smallest absolute Gasteiger partial charge is 0.318 e. The van der Waals surface area contributed by atoms with Gasteiger partial charge in [0.1, 0.15) is 5.75 Å². The van der Waals surface area contributed by atoms with Crippen LogP contribution in [0.2, 0.25) is 0 Å². The Morgan fingerprint density at radius 3 is 3.08 bits per heavy atom. The van der Waals surface area contributed by atoms with E-state index in [-0.39, 0.29) is 18.1 Å². The van der Waals surface area contributed by atoms with Crippen LogP contribution in [0.5, 0.6) is 5.75 Å². The first-order chi connectivity index (χ1) is 11.7. The van der Waals surface area contributed by atoms with Crippen LogP contribution in [0.25, 0.3) is 0 Å². The van der Waals surface area contributed by atoms with Crippen LogP contribution >= 0.6 is 0 Å². The van der Waals surface area contributed by atoms with E-state index in [9.17, 15) is 9.90 Å². The molecule has 2 amide bonds. The maximum Gasteiger partial charge on any atom is 0.318 e. The van der Waals surface area contributed by atoms with Crippen molar-refractivity contribution in [2.24, 2.45) is 0 Å². The maximum atomic E-state index is 12.9. The number of piperidine rings is 1. The molecular formula is C18H22N4O2. The number of fused-ring (bicyclic) bond motifs is 1. The molecule has 1 saturated heterocycles. The first-order valence-corrected chi connectivity index (χ1v) is 8.60. The van der Waals surface area contributed by atoms with E-state index in [0.717, 1.165) is 55.3 Å². The Morgan fingerprint density at radius 2 is 2.25 bits per heavy atom. The monoisotopic (exact) mass is 326 g/mol. The Kier molecular flexibility index (Phi) is 3.88. The molecule has 2 aliphatic rings. The predicted octanol–water partition coefficient (Wildman–Crippen LogP) is 3.04. The number of H-pyrrole nitrogens is 1. The van der Waals surface area contributed by atoms with Gasteiger partial charge in [-0.1, -0.05) is 12.1 Å². The number of hydrogen-bond donors (Lipinski definition) is 3. The van der Waals surface area contributed by atoms with Gasteiger partial charge in [-0.25, -0.2) is 4.79 Å². The molecule has 0 unspecified atom stereocenters. The van der Waals surface area contributed by atoms with Crippen molar-refractivity contribution >= 4 is 6.03 Å². The van der Waals surface area contributed by atoms with Crippen LogP contribution in [0.4, 0.5) is 4.79 Å². The van der Waals surface area contributed by atoms with E-state index in [1.165, 1.54) is 0 Å². The summed E-state index contributed by atoms with van der Waals surface area (Å²) in [4.78, 5) is 14.8. The number of aromatic amines is 1. The molecule has 1 fully saturated rings. The molecule has 0 bridgehead atoms. The van der Waals surface area contributed by atoms with Crippen LogP contribution in [-0.2, 0) is 6.42 Å². The van der Waals surface area contributed by atoms with Gasteiger partial charge in [0, 0.05) is 18.3 Å². The van der Waals surface area contributed by atoms with Gasteiger partial charge in [-0.05, 0) is 49.3 Å². The number of urea groups is 1. The Balaban J connectivity index is 1.51. The minimum absolute atomic E-state index is 0.0217. The fourth-order valence-electron chi connectivity index (χ4n) is 3.98. The molecule has 1 aliphatic heterocycles. The van der Waals surface area contributed by atoms with Crippen molar-refractivity contribution in [1.29, 1.82) is 0 Å². The minimum Gasteiger partial charge on any atom is -0.508 e. The number of carbonyl (C=O) groups is 1. The number of aromatic hydroxyl groups is 1. The molecule has 0 spiro atoms. The molecule has 4 rings (SSSR count). The molecule has 1 aliphatic carbocycles. The standard InChI is InChI=1S/C18H22N4O2/c23-17-6-3-4-13-14(17)7-8-15(13)21-18(24)22-9-2-1-5-16(22)12-10-19-20-11-12/h3-4,6,10-11,15-16,23H,1-2,5,7-9H2,(H,19,20)(H,21,24)/t15-,16-/m1/s1. The molecule has 2 aromatic rings. The van der Waals surface area contributed by atoms with Crippen molar-refractivity contribution in [3.63, 3.8) is 0 Å². The molecule has 2 heterocycles. The van der Waals surface area contributed by atoms with Crippen LogP contribution in [-0.4, -0.2) is 32.8 Å². The summed E-state index contributed by atoms with van der Waals surface area (Å²) in [6.07, 6.45) is 8.44. The highest BCUT2D eigenvalue weighted by Gasteiger charge is 2.32. The maximum absolute atomic E-state index is 12.9. The molecule has 3 N–H and O–H groups in total. The number of phenolic OH excluding ortho intramolecular Hbond substituents is 1. The molecule has 6 nitrogen and oxygen atoms in total. The van der Waals surface area contributed by atoms with Crippen LogP contribution < -0.4 is 5.32 Å². The van der Waals surface area contributed by atoms with E-state index in [1.54, 1.807) is 12.3 Å². The number of likely N-dealkylation sites (tertiary alicyclic amines) is 1. The number of nitrogens with one attached hydrogen (secondary N) is 2. The minimum atomic E-state index is -0.0258. The normalized spacial score (nSPS) is 23.1. The summed E-state index contributed by atoms with van der Waals surface area (Å²) in [5.41, 5.74) is 3.07. The Morgan fingerprint density at radius 1 is 1.33 bits per heavy atom. The number of carbonyl (C=O) groups excluding carboxylic acids is 1. The third-order valence-corrected chi connectivity index (χ3v) is 5.21. The Bertz CT molecular complexity index is 729. The number of benzene rings is 1. The molecule has 1 aromatic heterocycles. The quantitative estimate of drug-likeness (QED) is 0.793. The number of hydrogen-bond acceptors (Lipinski definition) is 3. The van der Waals surface area contributed by atoms with Gasteiger partial charge in [0.05, 0.1) is 18.3 Å². The van der Waals surface area contributed by atoms with Gasteiger partial charge in [0.15, 0.2) is 0 Å². The highest BCUT2D eigenvalue weighted by atomic mass is 16.3. The number of nitrogens with zero attached hydrogens (tertiary/aromatic N) is 2. The fraction of sp³-hybridized carbons (Fsp3) is 0.444. The zero-order chi connectivity index (χ0) is 16.5. The van der Waals surface area contributed by atoms with E-state index >= 15 is 0 Å². The lowest BCUT2D eigenvalue weighted by molar-refractivity contribution is 0.148. The summed E-state index contributed by atoms with van der Waals surface area (Å²) in [5.74, 6) is 0.332. The lowest BCUT2D eigenvalue weighted by Crippen LogP contribution is -2.45. The second-order valence-electron chi connectivity index (χ2n) is 6.62.